The van der Waals surface area contributed by atoms with Crippen LogP contribution in [0.2, 0.25) is 5.02 Å². The number of rotatable bonds is 7. The van der Waals surface area contributed by atoms with E-state index in [9.17, 15) is 14.4 Å². The van der Waals surface area contributed by atoms with E-state index in [0.29, 0.717) is 48.2 Å². The molecule has 0 radical (unpaired) electrons. The maximum atomic E-state index is 13.5. The van der Waals surface area contributed by atoms with Crippen LogP contribution >= 0.6 is 11.6 Å². The third-order valence-corrected chi connectivity index (χ3v) is 6.63. The van der Waals surface area contributed by atoms with Gasteiger partial charge in [0.2, 0.25) is 5.91 Å². The Kier molecular flexibility index (Phi) is 9.41. The molecule has 3 atom stereocenters. The predicted molar refractivity (Wildman–Crippen MR) is 142 cm³/mol. The number of nitrogens with one attached hydrogen (secondary N) is 3. The van der Waals surface area contributed by atoms with Gasteiger partial charge < -0.3 is 30.5 Å². The number of carbonyl (C=O) groups is 3. The topological polar surface area (TPSA) is 103 Å². The van der Waals surface area contributed by atoms with E-state index in [0.717, 1.165) is 0 Å². The minimum Gasteiger partial charge on any atom is -0.495 e. The van der Waals surface area contributed by atoms with Crippen LogP contribution in [0.25, 0.3) is 0 Å². The highest BCUT2D eigenvalue weighted by Gasteiger charge is 2.35. The van der Waals surface area contributed by atoms with Gasteiger partial charge in [0.05, 0.1) is 12.8 Å². The molecule has 3 N–H and O–H groups in total. The Labute approximate surface area is 217 Å². The van der Waals surface area contributed by atoms with E-state index >= 15 is 0 Å². The second kappa shape index (κ2) is 12.5. The zero-order valence-corrected chi connectivity index (χ0v) is 21.8. The first kappa shape index (κ1) is 27.1. The minimum absolute atomic E-state index is 0.0830. The molecule has 2 aromatic rings. The van der Waals surface area contributed by atoms with Gasteiger partial charge >= 0.3 is 12.1 Å². The number of urea groups is 2. The summed E-state index contributed by atoms with van der Waals surface area (Å²) in [5.41, 5.74) is 1.13. The molecule has 0 spiro atoms. The number of ether oxygens (including phenoxy) is 1. The maximum absolute atomic E-state index is 13.5. The van der Waals surface area contributed by atoms with Crippen molar-refractivity contribution in [3.8, 4) is 5.75 Å². The quantitative estimate of drug-likeness (QED) is 0.499. The van der Waals surface area contributed by atoms with Crippen molar-refractivity contribution in [1.29, 1.82) is 0 Å². The Bertz CT molecular complexity index is 1080. The van der Waals surface area contributed by atoms with Crippen LogP contribution in [0.4, 0.5) is 21.0 Å². The number of methoxy groups -OCH3 is 1. The van der Waals surface area contributed by atoms with Gasteiger partial charge in [0.25, 0.3) is 0 Å². The number of benzene rings is 2. The standard InChI is InChI=1S/C26H34ClN5O4/c1-5-17(2)23(30-25(34)29-21-11-6-7-12-22(21)36-4)24(33)31-13-14-32(18(3)16-31)26(35)28-20-10-8-9-19(27)15-20/h6-12,15,17-18,23H,5,13-14,16H2,1-4H3,(H,28,35)(H2,29,30,34). The molecule has 3 rings (SSSR count). The first-order chi connectivity index (χ1) is 17.2. The number of hydrogen-bond acceptors (Lipinski definition) is 4. The summed E-state index contributed by atoms with van der Waals surface area (Å²) in [5, 5.41) is 9.02. The average molecular weight is 516 g/mol. The number of piperazine rings is 1. The van der Waals surface area contributed by atoms with Crippen molar-refractivity contribution in [1.82, 2.24) is 15.1 Å². The molecule has 1 heterocycles. The summed E-state index contributed by atoms with van der Waals surface area (Å²) in [5.74, 6) is 0.279. The van der Waals surface area contributed by atoms with Crippen LogP contribution in [0, 0.1) is 5.92 Å². The molecule has 3 unspecified atom stereocenters. The number of anilines is 2. The van der Waals surface area contributed by atoms with Gasteiger partial charge in [0, 0.05) is 36.4 Å². The summed E-state index contributed by atoms with van der Waals surface area (Å²) in [6.45, 7) is 6.92. The molecule has 0 bridgehead atoms. The summed E-state index contributed by atoms with van der Waals surface area (Å²) in [4.78, 5) is 42.5. The summed E-state index contributed by atoms with van der Waals surface area (Å²) in [6.07, 6.45) is 0.711. The van der Waals surface area contributed by atoms with Crippen molar-refractivity contribution in [2.75, 3.05) is 37.4 Å². The molecule has 1 fully saturated rings. The molecule has 10 heteroatoms. The fourth-order valence-electron chi connectivity index (χ4n) is 4.15. The van der Waals surface area contributed by atoms with Crippen LogP contribution in [-0.4, -0.2) is 66.6 Å². The van der Waals surface area contributed by atoms with Crippen molar-refractivity contribution < 1.29 is 19.1 Å². The first-order valence-electron chi connectivity index (χ1n) is 12.1. The molecule has 1 aliphatic heterocycles. The van der Waals surface area contributed by atoms with E-state index in [1.165, 1.54) is 7.11 Å². The van der Waals surface area contributed by atoms with Gasteiger partial charge in [-0.25, -0.2) is 9.59 Å². The molecule has 36 heavy (non-hydrogen) atoms. The SMILES string of the molecule is CCC(C)C(NC(=O)Nc1ccccc1OC)C(=O)N1CCN(C(=O)Nc2cccc(Cl)c2)C(C)C1. The first-order valence-corrected chi connectivity index (χ1v) is 12.4. The Morgan fingerprint density at radius 3 is 2.53 bits per heavy atom. The van der Waals surface area contributed by atoms with Crippen molar-refractivity contribution in [3.05, 3.63) is 53.6 Å². The smallest absolute Gasteiger partial charge is 0.322 e. The lowest BCUT2D eigenvalue weighted by Crippen LogP contribution is -2.60. The lowest BCUT2D eigenvalue weighted by atomic mass is 9.97. The van der Waals surface area contributed by atoms with Crippen LogP contribution in [0.15, 0.2) is 48.5 Å². The Morgan fingerprint density at radius 1 is 1.11 bits per heavy atom. The van der Waals surface area contributed by atoms with Gasteiger partial charge in [0.1, 0.15) is 11.8 Å². The molecule has 0 aromatic heterocycles. The number of nitrogens with zero attached hydrogens (tertiary/aromatic N) is 2. The van der Waals surface area contributed by atoms with Crippen molar-refractivity contribution in [2.45, 2.75) is 39.3 Å². The largest absolute Gasteiger partial charge is 0.495 e. The average Bonchev–Trinajstić information content (AvgIpc) is 2.86. The fourth-order valence-corrected chi connectivity index (χ4v) is 4.34. The molecule has 0 aliphatic carbocycles. The van der Waals surface area contributed by atoms with E-state index in [-0.39, 0.29) is 23.9 Å². The van der Waals surface area contributed by atoms with Gasteiger partial charge in [-0.2, -0.15) is 0 Å². The highest BCUT2D eigenvalue weighted by molar-refractivity contribution is 6.30. The highest BCUT2D eigenvalue weighted by Crippen LogP contribution is 2.23. The van der Waals surface area contributed by atoms with Crippen LogP contribution in [0.3, 0.4) is 0 Å². The van der Waals surface area contributed by atoms with Gasteiger partial charge in [-0.3, -0.25) is 4.79 Å². The Balaban J connectivity index is 1.63. The maximum Gasteiger partial charge on any atom is 0.322 e. The molecular weight excluding hydrogens is 482 g/mol. The Hall–Kier alpha value is -3.46. The zero-order valence-electron chi connectivity index (χ0n) is 21.1. The number of carbonyl (C=O) groups excluding carboxylic acids is 3. The lowest BCUT2D eigenvalue weighted by Gasteiger charge is -2.41. The molecule has 2 aromatic carbocycles. The normalized spacial score (nSPS) is 17.1. The predicted octanol–water partition coefficient (Wildman–Crippen LogP) is 4.65. The third kappa shape index (κ3) is 6.81. The summed E-state index contributed by atoms with van der Waals surface area (Å²) in [6, 6.07) is 12.4. The zero-order chi connectivity index (χ0) is 26.2. The van der Waals surface area contributed by atoms with Gasteiger partial charge in [-0.15, -0.1) is 0 Å². The second-order valence-corrected chi connectivity index (χ2v) is 9.37. The summed E-state index contributed by atoms with van der Waals surface area (Å²) < 4.78 is 5.29. The van der Waals surface area contributed by atoms with Crippen molar-refractivity contribution >= 4 is 40.9 Å². The number of halogens is 1. The molecule has 1 saturated heterocycles. The summed E-state index contributed by atoms with van der Waals surface area (Å²) in [7, 11) is 1.53. The van der Waals surface area contributed by atoms with E-state index in [4.69, 9.17) is 16.3 Å². The van der Waals surface area contributed by atoms with E-state index in [1.54, 1.807) is 52.3 Å². The number of hydrogen-bond donors (Lipinski definition) is 3. The van der Waals surface area contributed by atoms with Gasteiger partial charge in [-0.05, 0) is 43.2 Å². The van der Waals surface area contributed by atoms with E-state index in [2.05, 4.69) is 16.0 Å². The molecule has 5 amide bonds. The van der Waals surface area contributed by atoms with Gasteiger partial charge in [0.15, 0.2) is 0 Å². The monoisotopic (exact) mass is 515 g/mol. The van der Waals surface area contributed by atoms with Crippen LogP contribution in [-0.2, 0) is 4.79 Å². The molecule has 1 aliphatic rings. The van der Waals surface area contributed by atoms with Crippen LogP contribution in [0.1, 0.15) is 27.2 Å². The fraction of sp³-hybridized carbons (Fsp3) is 0.423. The molecule has 9 nitrogen and oxygen atoms in total. The van der Waals surface area contributed by atoms with Crippen molar-refractivity contribution in [2.24, 2.45) is 5.92 Å². The number of amides is 5. The van der Waals surface area contributed by atoms with Crippen LogP contribution in [0.5, 0.6) is 5.75 Å². The van der Waals surface area contributed by atoms with Crippen LogP contribution < -0.4 is 20.7 Å². The van der Waals surface area contributed by atoms with Crippen molar-refractivity contribution in [3.63, 3.8) is 0 Å². The molecule has 0 saturated carbocycles. The van der Waals surface area contributed by atoms with E-state index < -0.39 is 12.1 Å². The Morgan fingerprint density at radius 2 is 1.86 bits per heavy atom. The minimum atomic E-state index is -0.705. The highest BCUT2D eigenvalue weighted by atomic mass is 35.5. The summed E-state index contributed by atoms with van der Waals surface area (Å²) >= 11 is 6.01. The van der Waals surface area contributed by atoms with E-state index in [1.807, 2.05) is 26.8 Å². The molecular formula is C26H34ClN5O4. The third-order valence-electron chi connectivity index (χ3n) is 6.40. The second-order valence-electron chi connectivity index (χ2n) is 8.93. The number of para-hydroxylation sites is 2. The van der Waals surface area contributed by atoms with Gasteiger partial charge in [-0.1, -0.05) is 50.1 Å². The molecule has 194 valence electrons. The lowest BCUT2D eigenvalue weighted by molar-refractivity contribution is -0.136.